The first-order valence-electron chi connectivity index (χ1n) is 8.63. The molecule has 6 N–H and O–H groups in total. The SMILES string of the molecule is CCC(C)C(N)C(=O)NC(CCSC)C(=O)NCC(=O)NC(CS)C(=O)O. The third kappa shape index (κ3) is 9.87. The molecule has 0 aliphatic carbocycles. The number of carbonyl (C=O) groups excluding carboxylic acids is 3. The Labute approximate surface area is 169 Å². The van der Waals surface area contributed by atoms with Crippen LogP contribution in [-0.2, 0) is 19.2 Å². The number of thioether (sulfide) groups is 1. The Morgan fingerprint density at radius 1 is 1.15 bits per heavy atom. The van der Waals surface area contributed by atoms with Crippen molar-refractivity contribution in [2.75, 3.05) is 24.3 Å². The van der Waals surface area contributed by atoms with Crippen LogP contribution in [0.3, 0.4) is 0 Å². The van der Waals surface area contributed by atoms with Gasteiger partial charge in [0.2, 0.25) is 17.7 Å². The molecule has 0 rings (SSSR count). The lowest BCUT2D eigenvalue weighted by atomic mass is 9.99. The van der Waals surface area contributed by atoms with E-state index in [2.05, 4.69) is 28.6 Å². The molecule has 11 heteroatoms. The predicted molar refractivity (Wildman–Crippen MR) is 109 cm³/mol. The summed E-state index contributed by atoms with van der Waals surface area (Å²) in [5, 5.41) is 16.2. The second-order valence-electron chi connectivity index (χ2n) is 6.11. The minimum atomic E-state index is -1.21. The summed E-state index contributed by atoms with van der Waals surface area (Å²) in [4.78, 5) is 47.3. The van der Waals surface area contributed by atoms with Crippen LogP contribution in [0.5, 0.6) is 0 Å². The third-order valence-corrected chi connectivity index (χ3v) is 5.05. The second kappa shape index (κ2) is 13.7. The summed E-state index contributed by atoms with van der Waals surface area (Å²) in [7, 11) is 0. The van der Waals surface area contributed by atoms with Crippen LogP contribution in [0.15, 0.2) is 0 Å². The van der Waals surface area contributed by atoms with Gasteiger partial charge in [-0.05, 0) is 24.3 Å². The largest absolute Gasteiger partial charge is 0.480 e. The van der Waals surface area contributed by atoms with Gasteiger partial charge in [-0.3, -0.25) is 14.4 Å². The van der Waals surface area contributed by atoms with E-state index in [-0.39, 0.29) is 11.7 Å². The Kier molecular flexibility index (Phi) is 12.9. The number of thiol groups is 1. The van der Waals surface area contributed by atoms with E-state index in [4.69, 9.17) is 10.8 Å². The standard InChI is InChI=1S/C16H30N4O5S2/c1-4-9(2)13(17)15(23)20-10(5-6-27-3)14(22)18-7-12(21)19-11(8-26)16(24)25/h9-11,13,26H,4-8,17H2,1-3H3,(H,18,22)(H,19,21)(H,20,23)(H,24,25). The van der Waals surface area contributed by atoms with Crippen LogP contribution in [-0.4, -0.2) is 71.2 Å². The highest BCUT2D eigenvalue weighted by Crippen LogP contribution is 2.07. The summed E-state index contributed by atoms with van der Waals surface area (Å²) in [5.74, 6) is -2.30. The van der Waals surface area contributed by atoms with Gasteiger partial charge in [0.1, 0.15) is 12.1 Å². The fraction of sp³-hybridized carbons (Fsp3) is 0.750. The molecule has 0 saturated carbocycles. The monoisotopic (exact) mass is 422 g/mol. The van der Waals surface area contributed by atoms with Crippen LogP contribution >= 0.6 is 24.4 Å². The van der Waals surface area contributed by atoms with Gasteiger partial charge in [-0.2, -0.15) is 24.4 Å². The molecule has 4 atom stereocenters. The molecule has 3 amide bonds. The third-order valence-electron chi connectivity index (χ3n) is 4.04. The topological polar surface area (TPSA) is 151 Å². The van der Waals surface area contributed by atoms with Crippen molar-refractivity contribution in [2.24, 2.45) is 11.7 Å². The molecule has 27 heavy (non-hydrogen) atoms. The number of carbonyl (C=O) groups is 4. The van der Waals surface area contributed by atoms with Crippen molar-refractivity contribution in [3.8, 4) is 0 Å². The molecule has 0 bridgehead atoms. The van der Waals surface area contributed by atoms with E-state index < -0.39 is 48.4 Å². The molecule has 4 unspecified atom stereocenters. The maximum absolute atomic E-state index is 12.4. The number of hydrogen-bond donors (Lipinski definition) is 6. The van der Waals surface area contributed by atoms with Crippen LogP contribution in [0, 0.1) is 5.92 Å². The van der Waals surface area contributed by atoms with Crippen molar-refractivity contribution in [3.63, 3.8) is 0 Å². The van der Waals surface area contributed by atoms with Crippen LogP contribution in [0.4, 0.5) is 0 Å². The minimum absolute atomic E-state index is 0.0331. The second-order valence-corrected chi connectivity index (χ2v) is 7.46. The van der Waals surface area contributed by atoms with E-state index in [1.54, 1.807) is 0 Å². The molecule has 0 aliphatic heterocycles. The van der Waals surface area contributed by atoms with Crippen molar-refractivity contribution in [1.82, 2.24) is 16.0 Å². The molecule has 0 fully saturated rings. The lowest BCUT2D eigenvalue weighted by molar-refractivity contribution is -0.141. The Bertz CT molecular complexity index is 521. The van der Waals surface area contributed by atoms with Gasteiger partial charge in [0.05, 0.1) is 12.6 Å². The normalized spacial score (nSPS) is 15.1. The molecule has 0 radical (unpaired) electrons. The Balaban J connectivity index is 4.75. The van der Waals surface area contributed by atoms with Gasteiger partial charge in [0, 0.05) is 5.75 Å². The van der Waals surface area contributed by atoms with E-state index in [0.717, 1.165) is 6.42 Å². The average Bonchev–Trinajstić information content (AvgIpc) is 2.65. The molecule has 0 aromatic rings. The van der Waals surface area contributed by atoms with E-state index in [0.29, 0.717) is 12.2 Å². The fourth-order valence-corrected chi connectivity index (χ4v) is 2.73. The summed E-state index contributed by atoms with van der Waals surface area (Å²) in [6.07, 6.45) is 2.98. The number of nitrogens with two attached hydrogens (primary N) is 1. The molecule has 0 aromatic carbocycles. The lowest BCUT2D eigenvalue weighted by Gasteiger charge is -2.23. The zero-order chi connectivity index (χ0) is 21.0. The van der Waals surface area contributed by atoms with Crippen LogP contribution in [0.25, 0.3) is 0 Å². The molecule has 9 nitrogen and oxygen atoms in total. The van der Waals surface area contributed by atoms with Gasteiger partial charge in [-0.1, -0.05) is 20.3 Å². The molecule has 156 valence electrons. The Hall–Kier alpha value is -1.46. The highest BCUT2D eigenvalue weighted by atomic mass is 32.2. The number of hydrogen-bond acceptors (Lipinski definition) is 7. The number of amides is 3. The first-order chi connectivity index (χ1) is 12.7. The van der Waals surface area contributed by atoms with Gasteiger partial charge in [0.15, 0.2) is 0 Å². The van der Waals surface area contributed by atoms with E-state index in [9.17, 15) is 19.2 Å². The summed E-state index contributed by atoms with van der Waals surface area (Å²) in [6.45, 7) is 3.37. The van der Waals surface area contributed by atoms with Gasteiger partial charge >= 0.3 is 5.97 Å². The van der Waals surface area contributed by atoms with Crippen LogP contribution in [0.2, 0.25) is 0 Å². The highest BCUT2D eigenvalue weighted by Gasteiger charge is 2.26. The zero-order valence-corrected chi connectivity index (χ0v) is 17.6. The molecule has 0 aromatic heterocycles. The predicted octanol–water partition coefficient (Wildman–Crippen LogP) is -0.787. The van der Waals surface area contributed by atoms with E-state index in [1.807, 2.05) is 20.1 Å². The number of aliphatic carboxylic acids is 1. The van der Waals surface area contributed by atoms with Crippen molar-refractivity contribution in [2.45, 2.75) is 44.8 Å². The van der Waals surface area contributed by atoms with Crippen LogP contribution in [0.1, 0.15) is 26.7 Å². The zero-order valence-electron chi connectivity index (χ0n) is 15.9. The van der Waals surface area contributed by atoms with Crippen molar-refractivity contribution in [3.05, 3.63) is 0 Å². The molecule has 0 spiro atoms. The first kappa shape index (κ1) is 25.5. The van der Waals surface area contributed by atoms with Gasteiger partial charge in [0.25, 0.3) is 0 Å². The minimum Gasteiger partial charge on any atom is -0.480 e. The molecule has 0 saturated heterocycles. The summed E-state index contributed by atoms with van der Waals surface area (Å²) < 4.78 is 0. The smallest absolute Gasteiger partial charge is 0.327 e. The summed E-state index contributed by atoms with van der Waals surface area (Å²) in [6, 6.07) is -2.69. The number of carboxylic acid groups (broad SMARTS) is 1. The quantitative estimate of drug-likeness (QED) is 0.213. The molecular weight excluding hydrogens is 392 g/mol. The maximum atomic E-state index is 12.4. The summed E-state index contributed by atoms with van der Waals surface area (Å²) in [5.41, 5.74) is 5.89. The molecule has 0 aliphatic rings. The highest BCUT2D eigenvalue weighted by molar-refractivity contribution is 7.98. The van der Waals surface area contributed by atoms with E-state index >= 15 is 0 Å². The van der Waals surface area contributed by atoms with E-state index in [1.165, 1.54) is 11.8 Å². The van der Waals surface area contributed by atoms with Gasteiger partial charge in [-0.25, -0.2) is 4.79 Å². The molecular formula is C16H30N4O5S2. The number of nitrogens with one attached hydrogen (secondary N) is 3. The maximum Gasteiger partial charge on any atom is 0.327 e. The van der Waals surface area contributed by atoms with Crippen molar-refractivity contribution in [1.29, 1.82) is 0 Å². The average molecular weight is 423 g/mol. The summed E-state index contributed by atoms with van der Waals surface area (Å²) >= 11 is 5.36. The van der Waals surface area contributed by atoms with Gasteiger partial charge < -0.3 is 26.8 Å². The fourth-order valence-electron chi connectivity index (χ4n) is 2.01. The van der Waals surface area contributed by atoms with Crippen molar-refractivity contribution >= 4 is 48.1 Å². The van der Waals surface area contributed by atoms with Crippen molar-refractivity contribution < 1.29 is 24.3 Å². The Morgan fingerprint density at radius 3 is 2.26 bits per heavy atom. The van der Waals surface area contributed by atoms with Crippen LogP contribution < -0.4 is 21.7 Å². The molecule has 0 heterocycles. The number of carboxylic acids is 1. The first-order valence-corrected chi connectivity index (χ1v) is 10.7. The van der Waals surface area contributed by atoms with Gasteiger partial charge in [-0.15, -0.1) is 0 Å². The number of rotatable bonds is 13. The Morgan fingerprint density at radius 2 is 1.78 bits per heavy atom. The lowest BCUT2D eigenvalue weighted by Crippen LogP contribution is -2.54.